The number of hydrogen-bond donors (Lipinski definition) is 1. The maximum Gasteiger partial charge on any atom is 0.278 e. The summed E-state index contributed by atoms with van der Waals surface area (Å²) in [7, 11) is 2.16. The molecular formula is C22H25BrN6O. The van der Waals surface area contributed by atoms with Crippen LogP contribution in [0, 0.1) is 6.92 Å². The van der Waals surface area contributed by atoms with Crippen LogP contribution in [0.15, 0.2) is 53.0 Å². The number of benzene rings is 2. The van der Waals surface area contributed by atoms with E-state index in [1.807, 2.05) is 43.3 Å². The Morgan fingerprint density at radius 1 is 1.10 bits per heavy atom. The molecule has 30 heavy (non-hydrogen) atoms. The molecule has 0 spiro atoms. The van der Waals surface area contributed by atoms with Gasteiger partial charge in [0.1, 0.15) is 0 Å². The van der Waals surface area contributed by atoms with E-state index in [1.165, 1.54) is 5.56 Å². The van der Waals surface area contributed by atoms with Crippen LogP contribution in [-0.4, -0.2) is 63.9 Å². The van der Waals surface area contributed by atoms with Gasteiger partial charge in [-0.2, -0.15) is 0 Å². The molecule has 1 aromatic heterocycles. The van der Waals surface area contributed by atoms with Crippen LogP contribution in [0.5, 0.6) is 0 Å². The first-order chi connectivity index (χ1) is 14.5. The van der Waals surface area contributed by atoms with Crippen molar-refractivity contribution in [2.45, 2.75) is 13.5 Å². The normalized spacial score (nSPS) is 15.3. The molecule has 1 saturated heterocycles. The highest BCUT2D eigenvalue weighted by Crippen LogP contribution is 2.18. The average Bonchev–Trinajstić information content (AvgIpc) is 3.13. The molecule has 0 radical (unpaired) electrons. The van der Waals surface area contributed by atoms with Crippen molar-refractivity contribution in [1.82, 2.24) is 24.8 Å². The van der Waals surface area contributed by atoms with E-state index in [9.17, 15) is 4.79 Å². The van der Waals surface area contributed by atoms with E-state index in [-0.39, 0.29) is 5.91 Å². The van der Waals surface area contributed by atoms with Crippen molar-refractivity contribution in [3.63, 3.8) is 0 Å². The molecule has 2 aromatic carbocycles. The number of carbonyl (C=O) groups excluding carboxylic acids is 1. The number of aromatic nitrogens is 3. The van der Waals surface area contributed by atoms with E-state index in [0.29, 0.717) is 11.4 Å². The highest BCUT2D eigenvalue weighted by molar-refractivity contribution is 9.10. The Hall–Kier alpha value is -2.55. The smallest absolute Gasteiger partial charge is 0.278 e. The van der Waals surface area contributed by atoms with Crippen LogP contribution in [0.4, 0.5) is 5.69 Å². The van der Waals surface area contributed by atoms with Gasteiger partial charge in [0.25, 0.3) is 5.91 Å². The lowest BCUT2D eigenvalue weighted by atomic mass is 10.1. The van der Waals surface area contributed by atoms with Gasteiger partial charge in [-0.1, -0.05) is 39.3 Å². The van der Waals surface area contributed by atoms with Crippen molar-refractivity contribution in [1.29, 1.82) is 0 Å². The fraction of sp³-hybridized carbons (Fsp3) is 0.318. The average molecular weight is 469 g/mol. The summed E-state index contributed by atoms with van der Waals surface area (Å²) in [6.07, 6.45) is 0. The van der Waals surface area contributed by atoms with E-state index in [1.54, 1.807) is 4.68 Å². The van der Waals surface area contributed by atoms with Gasteiger partial charge in [0, 0.05) is 42.9 Å². The summed E-state index contributed by atoms with van der Waals surface area (Å²) >= 11 is 3.46. The van der Waals surface area contributed by atoms with Crippen molar-refractivity contribution in [3.8, 4) is 5.69 Å². The monoisotopic (exact) mass is 468 g/mol. The first kappa shape index (κ1) is 20.7. The molecule has 3 aromatic rings. The molecule has 0 atom stereocenters. The molecule has 0 saturated carbocycles. The van der Waals surface area contributed by atoms with Crippen LogP contribution in [0.3, 0.4) is 0 Å². The van der Waals surface area contributed by atoms with Crippen molar-refractivity contribution in [2.24, 2.45) is 0 Å². The van der Waals surface area contributed by atoms with E-state index >= 15 is 0 Å². The number of likely N-dealkylation sites (N-methyl/N-ethyl adjacent to an activating group) is 1. The van der Waals surface area contributed by atoms with Crippen LogP contribution < -0.4 is 5.32 Å². The molecular weight excluding hydrogens is 444 g/mol. The van der Waals surface area contributed by atoms with Crippen molar-refractivity contribution >= 4 is 27.5 Å². The Morgan fingerprint density at radius 2 is 1.83 bits per heavy atom. The molecule has 0 unspecified atom stereocenters. The van der Waals surface area contributed by atoms with Gasteiger partial charge in [-0.3, -0.25) is 9.69 Å². The molecule has 1 fully saturated rings. The van der Waals surface area contributed by atoms with Gasteiger partial charge in [0.2, 0.25) is 0 Å². The SMILES string of the molecule is Cc1c(C(=O)Nc2ccc(CN3CCN(C)CC3)cc2)nnn1-c1cccc(Br)c1. The van der Waals surface area contributed by atoms with Crippen LogP contribution in [0.1, 0.15) is 21.7 Å². The van der Waals surface area contributed by atoms with E-state index < -0.39 is 0 Å². The van der Waals surface area contributed by atoms with Crippen LogP contribution in [-0.2, 0) is 6.54 Å². The minimum Gasteiger partial charge on any atom is -0.321 e. The first-order valence-electron chi connectivity index (χ1n) is 9.99. The second-order valence-electron chi connectivity index (χ2n) is 7.65. The zero-order valence-corrected chi connectivity index (χ0v) is 18.8. The van der Waals surface area contributed by atoms with Gasteiger partial charge >= 0.3 is 0 Å². The van der Waals surface area contributed by atoms with Gasteiger partial charge in [-0.15, -0.1) is 5.10 Å². The number of halogens is 1. The van der Waals surface area contributed by atoms with E-state index in [2.05, 4.69) is 60.5 Å². The molecule has 0 aliphatic carbocycles. The summed E-state index contributed by atoms with van der Waals surface area (Å²) in [5.41, 5.74) is 3.85. The number of anilines is 1. The quantitative estimate of drug-likeness (QED) is 0.621. The zero-order valence-electron chi connectivity index (χ0n) is 17.2. The maximum absolute atomic E-state index is 12.7. The van der Waals surface area contributed by atoms with E-state index in [0.717, 1.165) is 48.6 Å². The zero-order chi connectivity index (χ0) is 21.1. The number of amides is 1. The highest BCUT2D eigenvalue weighted by Gasteiger charge is 2.18. The summed E-state index contributed by atoms with van der Waals surface area (Å²) in [6.45, 7) is 7.16. The fourth-order valence-electron chi connectivity index (χ4n) is 3.54. The maximum atomic E-state index is 12.7. The van der Waals surface area contributed by atoms with Gasteiger partial charge < -0.3 is 10.2 Å². The number of carbonyl (C=O) groups is 1. The Morgan fingerprint density at radius 3 is 2.53 bits per heavy atom. The van der Waals surface area contributed by atoms with Crippen molar-refractivity contribution in [3.05, 3.63) is 70.0 Å². The Kier molecular flexibility index (Phi) is 6.26. The third-order valence-electron chi connectivity index (χ3n) is 5.38. The fourth-order valence-corrected chi connectivity index (χ4v) is 3.93. The predicted octanol–water partition coefficient (Wildman–Crippen LogP) is 3.34. The first-order valence-corrected chi connectivity index (χ1v) is 10.8. The second kappa shape index (κ2) is 9.07. The summed E-state index contributed by atoms with van der Waals surface area (Å²) in [6, 6.07) is 15.7. The molecule has 1 aliphatic heterocycles. The topological polar surface area (TPSA) is 66.3 Å². The predicted molar refractivity (Wildman–Crippen MR) is 121 cm³/mol. The van der Waals surface area contributed by atoms with Crippen LogP contribution >= 0.6 is 15.9 Å². The van der Waals surface area contributed by atoms with Crippen molar-refractivity contribution in [2.75, 3.05) is 38.5 Å². The Balaban J connectivity index is 1.40. The standard InChI is InChI=1S/C22H25BrN6O/c1-16-21(25-26-29(16)20-5-3-4-18(23)14-20)22(30)24-19-8-6-17(7-9-19)15-28-12-10-27(2)11-13-28/h3-9,14H,10-13,15H2,1-2H3,(H,24,30). The van der Waals surface area contributed by atoms with Gasteiger partial charge in [0.15, 0.2) is 5.69 Å². The van der Waals surface area contributed by atoms with Gasteiger partial charge in [-0.25, -0.2) is 4.68 Å². The molecule has 8 heteroatoms. The lowest BCUT2D eigenvalue weighted by molar-refractivity contribution is 0.102. The summed E-state index contributed by atoms with van der Waals surface area (Å²) < 4.78 is 2.61. The third-order valence-corrected chi connectivity index (χ3v) is 5.87. The minimum atomic E-state index is -0.263. The molecule has 1 aliphatic rings. The second-order valence-corrected chi connectivity index (χ2v) is 8.56. The number of rotatable bonds is 5. The number of nitrogens with zero attached hydrogens (tertiary/aromatic N) is 5. The summed E-state index contributed by atoms with van der Waals surface area (Å²) in [5.74, 6) is -0.263. The van der Waals surface area contributed by atoms with E-state index in [4.69, 9.17) is 0 Å². The van der Waals surface area contributed by atoms with Gasteiger partial charge in [-0.05, 0) is 49.9 Å². The Bertz CT molecular complexity index is 1020. The molecule has 1 N–H and O–H groups in total. The molecule has 7 nitrogen and oxygen atoms in total. The Labute approximate surface area is 184 Å². The number of nitrogens with one attached hydrogen (secondary N) is 1. The largest absolute Gasteiger partial charge is 0.321 e. The number of hydrogen-bond acceptors (Lipinski definition) is 5. The third kappa shape index (κ3) is 4.77. The minimum absolute atomic E-state index is 0.263. The highest BCUT2D eigenvalue weighted by atomic mass is 79.9. The van der Waals surface area contributed by atoms with Crippen LogP contribution in [0.2, 0.25) is 0 Å². The molecule has 1 amide bonds. The number of piperazine rings is 1. The van der Waals surface area contributed by atoms with Crippen LogP contribution in [0.25, 0.3) is 5.69 Å². The van der Waals surface area contributed by atoms with Gasteiger partial charge in [0.05, 0.1) is 11.4 Å². The molecule has 4 rings (SSSR count). The molecule has 156 valence electrons. The lowest BCUT2D eigenvalue weighted by Crippen LogP contribution is -2.43. The van der Waals surface area contributed by atoms with Crippen molar-refractivity contribution < 1.29 is 4.79 Å². The lowest BCUT2D eigenvalue weighted by Gasteiger charge is -2.32. The molecule has 2 heterocycles. The summed E-state index contributed by atoms with van der Waals surface area (Å²) in [4.78, 5) is 17.5. The molecule has 0 bridgehead atoms. The summed E-state index contributed by atoms with van der Waals surface area (Å²) in [5, 5.41) is 11.2.